The third-order valence-electron chi connectivity index (χ3n) is 2.12. The molecule has 2 aromatic rings. The van der Waals surface area contributed by atoms with Gasteiger partial charge in [-0.2, -0.15) is 4.98 Å². The molecule has 0 bridgehead atoms. The number of rotatable bonds is 3. The number of nitrogens with two attached hydrogens (primary N) is 1. The average molecular weight is 200 g/mol. The van der Waals surface area contributed by atoms with Crippen LogP contribution in [0.1, 0.15) is 11.4 Å². The predicted molar refractivity (Wildman–Crippen MR) is 58.1 cm³/mol. The van der Waals surface area contributed by atoms with Crippen LogP contribution in [-0.4, -0.2) is 15.0 Å². The first kappa shape index (κ1) is 9.58. The van der Waals surface area contributed by atoms with Crippen molar-refractivity contribution in [2.75, 3.05) is 5.73 Å². The van der Waals surface area contributed by atoms with Crippen LogP contribution in [0.25, 0.3) is 0 Å². The Labute approximate surface area is 88.2 Å². The van der Waals surface area contributed by atoms with E-state index in [-0.39, 0.29) is 5.95 Å². The minimum Gasteiger partial charge on any atom is -0.368 e. The first-order valence-corrected chi connectivity index (χ1v) is 4.82. The highest BCUT2D eigenvalue weighted by Crippen LogP contribution is 2.03. The van der Waals surface area contributed by atoms with Crippen LogP contribution in [0.2, 0.25) is 0 Å². The first-order chi connectivity index (χ1) is 7.34. The largest absolute Gasteiger partial charge is 0.368 e. The second kappa shape index (κ2) is 4.50. The molecule has 0 aliphatic rings. The molecule has 0 atom stereocenters. The molecule has 2 rings (SSSR count). The fourth-order valence-electron chi connectivity index (χ4n) is 1.37. The number of hydrogen-bond acceptors (Lipinski definition) is 4. The van der Waals surface area contributed by atoms with E-state index in [1.54, 1.807) is 0 Å². The van der Waals surface area contributed by atoms with Crippen LogP contribution in [0.4, 0.5) is 5.95 Å². The molecule has 0 amide bonds. The van der Waals surface area contributed by atoms with E-state index >= 15 is 0 Å². The minimum absolute atomic E-state index is 0.285. The Balaban J connectivity index is 1.99. The summed E-state index contributed by atoms with van der Waals surface area (Å²) in [4.78, 5) is 11.8. The van der Waals surface area contributed by atoms with E-state index in [0.29, 0.717) is 0 Å². The fraction of sp³-hybridized carbons (Fsp3) is 0.182. The van der Waals surface area contributed by atoms with Crippen molar-refractivity contribution in [2.45, 2.75) is 12.8 Å². The summed E-state index contributed by atoms with van der Waals surface area (Å²) in [5.74, 6) is 1.03. The summed E-state index contributed by atoms with van der Waals surface area (Å²) >= 11 is 0. The van der Waals surface area contributed by atoms with E-state index in [9.17, 15) is 0 Å². The lowest BCUT2D eigenvalue weighted by Gasteiger charge is -2.00. The highest BCUT2D eigenvalue weighted by molar-refractivity contribution is 5.17. The maximum Gasteiger partial charge on any atom is 0.223 e. The zero-order valence-electron chi connectivity index (χ0n) is 8.30. The Morgan fingerprint density at radius 3 is 2.53 bits per heavy atom. The minimum atomic E-state index is 0.285. The van der Waals surface area contributed by atoms with Gasteiger partial charge in [0, 0.05) is 6.42 Å². The van der Waals surface area contributed by atoms with Crippen molar-refractivity contribution in [1.29, 1.82) is 0 Å². The summed E-state index contributed by atoms with van der Waals surface area (Å²) in [6.45, 7) is 0. The first-order valence-electron chi connectivity index (χ1n) is 4.82. The monoisotopic (exact) mass is 200 g/mol. The van der Waals surface area contributed by atoms with Gasteiger partial charge in [-0.25, -0.2) is 9.97 Å². The molecule has 0 saturated heterocycles. The number of nitrogens with zero attached hydrogens (tertiary/aromatic N) is 3. The van der Waals surface area contributed by atoms with Gasteiger partial charge in [0.25, 0.3) is 0 Å². The normalized spacial score (nSPS) is 10.1. The Bertz CT molecular complexity index is 428. The van der Waals surface area contributed by atoms with Crippen molar-refractivity contribution >= 4 is 5.95 Å². The Hall–Kier alpha value is -1.97. The Morgan fingerprint density at radius 2 is 1.80 bits per heavy atom. The third-order valence-corrected chi connectivity index (χ3v) is 2.12. The molecule has 1 heterocycles. The van der Waals surface area contributed by atoms with Crippen LogP contribution in [0.3, 0.4) is 0 Å². The number of anilines is 1. The van der Waals surface area contributed by atoms with Crippen LogP contribution in [0, 0.1) is 0 Å². The molecule has 0 unspecified atom stereocenters. The van der Waals surface area contributed by atoms with Gasteiger partial charge in [-0.15, -0.1) is 0 Å². The summed E-state index contributed by atoms with van der Waals surface area (Å²) in [5.41, 5.74) is 6.74. The summed E-state index contributed by atoms with van der Waals surface area (Å²) in [6, 6.07) is 10.2. The lowest BCUT2D eigenvalue weighted by molar-refractivity contribution is 0.841. The zero-order chi connectivity index (χ0) is 10.5. The fourth-order valence-corrected chi connectivity index (χ4v) is 1.37. The van der Waals surface area contributed by atoms with Gasteiger partial charge in [-0.1, -0.05) is 30.3 Å². The molecule has 0 saturated carbocycles. The van der Waals surface area contributed by atoms with Gasteiger partial charge in [0.15, 0.2) is 0 Å². The quantitative estimate of drug-likeness (QED) is 0.809. The lowest BCUT2D eigenvalue weighted by atomic mass is 10.1. The van der Waals surface area contributed by atoms with Gasteiger partial charge in [-0.05, 0) is 12.0 Å². The van der Waals surface area contributed by atoms with E-state index in [0.717, 1.165) is 18.7 Å². The van der Waals surface area contributed by atoms with E-state index in [1.807, 2.05) is 18.2 Å². The maximum absolute atomic E-state index is 5.47. The van der Waals surface area contributed by atoms with Gasteiger partial charge in [0.1, 0.15) is 12.2 Å². The molecule has 1 aromatic heterocycles. The zero-order valence-corrected chi connectivity index (χ0v) is 8.30. The van der Waals surface area contributed by atoms with Gasteiger partial charge in [-0.3, -0.25) is 0 Å². The molecule has 0 radical (unpaired) electrons. The van der Waals surface area contributed by atoms with Crippen LogP contribution in [0.5, 0.6) is 0 Å². The van der Waals surface area contributed by atoms with Gasteiger partial charge < -0.3 is 5.73 Å². The Kier molecular flexibility index (Phi) is 2.88. The third kappa shape index (κ3) is 2.74. The molecule has 0 aliphatic carbocycles. The van der Waals surface area contributed by atoms with Crippen molar-refractivity contribution in [1.82, 2.24) is 15.0 Å². The van der Waals surface area contributed by atoms with Crippen molar-refractivity contribution in [3.63, 3.8) is 0 Å². The molecule has 4 heteroatoms. The topological polar surface area (TPSA) is 64.7 Å². The molecular weight excluding hydrogens is 188 g/mol. The van der Waals surface area contributed by atoms with Crippen LogP contribution in [0.15, 0.2) is 36.7 Å². The Morgan fingerprint density at radius 1 is 1.00 bits per heavy atom. The lowest BCUT2D eigenvalue weighted by Crippen LogP contribution is -2.02. The van der Waals surface area contributed by atoms with Crippen molar-refractivity contribution in [2.24, 2.45) is 0 Å². The predicted octanol–water partition coefficient (Wildman–Crippen LogP) is 1.24. The summed E-state index contributed by atoms with van der Waals surface area (Å²) < 4.78 is 0. The molecule has 0 aliphatic heterocycles. The number of aromatic nitrogens is 3. The molecular formula is C11H12N4. The van der Waals surface area contributed by atoms with Crippen molar-refractivity contribution in [3.05, 3.63) is 48.0 Å². The molecule has 15 heavy (non-hydrogen) atoms. The highest BCUT2D eigenvalue weighted by atomic mass is 15.1. The second-order valence-electron chi connectivity index (χ2n) is 3.25. The summed E-state index contributed by atoms with van der Waals surface area (Å²) in [5, 5.41) is 0. The number of benzene rings is 1. The van der Waals surface area contributed by atoms with E-state index in [1.165, 1.54) is 11.9 Å². The van der Waals surface area contributed by atoms with Gasteiger partial charge in [0.2, 0.25) is 5.95 Å². The number of hydrogen-bond donors (Lipinski definition) is 1. The van der Waals surface area contributed by atoms with Crippen LogP contribution in [-0.2, 0) is 12.8 Å². The molecule has 1 aromatic carbocycles. The molecule has 0 spiro atoms. The van der Waals surface area contributed by atoms with Crippen LogP contribution >= 0.6 is 0 Å². The SMILES string of the molecule is Nc1ncnc(CCc2ccccc2)n1. The van der Waals surface area contributed by atoms with Gasteiger partial charge >= 0.3 is 0 Å². The molecule has 4 nitrogen and oxygen atoms in total. The molecule has 2 N–H and O–H groups in total. The summed E-state index contributed by atoms with van der Waals surface area (Å²) in [7, 11) is 0. The standard InChI is InChI=1S/C11H12N4/c12-11-14-8-13-10(15-11)7-6-9-4-2-1-3-5-9/h1-5,8H,6-7H2,(H2,12,13,14,15). The molecule has 0 fully saturated rings. The summed E-state index contributed by atoms with van der Waals surface area (Å²) in [6.07, 6.45) is 3.16. The molecule has 76 valence electrons. The average Bonchev–Trinajstić information content (AvgIpc) is 2.28. The van der Waals surface area contributed by atoms with Crippen molar-refractivity contribution in [3.8, 4) is 0 Å². The second-order valence-corrected chi connectivity index (χ2v) is 3.25. The highest BCUT2D eigenvalue weighted by Gasteiger charge is 1.98. The van der Waals surface area contributed by atoms with E-state index in [2.05, 4.69) is 27.1 Å². The smallest absolute Gasteiger partial charge is 0.223 e. The number of aryl methyl sites for hydroxylation is 2. The van der Waals surface area contributed by atoms with Gasteiger partial charge in [0.05, 0.1) is 0 Å². The van der Waals surface area contributed by atoms with E-state index < -0.39 is 0 Å². The maximum atomic E-state index is 5.47. The van der Waals surface area contributed by atoms with Crippen molar-refractivity contribution < 1.29 is 0 Å². The number of nitrogen functional groups attached to an aromatic ring is 1. The van der Waals surface area contributed by atoms with Crippen LogP contribution < -0.4 is 5.73 Å². The van der Waals surface area contributed by atoms with E-state index in [4.69, 9.17) is 5.73 Å².